The first-order valence-electron chi connectivity index (χ1n) is 7.72. The maximum absolute atomic E-state index is 12.2. The first-order chi connectivity index (χ1) is 12.7. The number of hydrazone groups is 1. The number of hydrogen-bond acceptors (Lipinski definition) is 6. The van der Waals surface area contributed by atoms with Crippen molar-refractivity contribution in [2.75, 3.05) is 5.43 Å². The predicted octanol–water partition coefficient (Wildman–Crippen LogP) is 5.02. The van der Waals surface area contributed by atoms with Crippen LogP contribution in [0.5, 0.6) is 0 Å². The zero-order chi connectivity index (χ0) is 17.9. The van der Waals surface area contributed by atoms with Gasteiger partial charge in [-0.2, -0.15) is 5.10 Å². The molecule has 5 nitrogen and oxygen atoms in total. The van der Waals surface area contributed by atoms with Crippen molar-refractivity contribution in [1.82, 2.24) is 4.98 Å². The molecule has 2 heterocycles. The van der Waals surface area contributed by atoms with Gasteiger partial charge in [0.1, 0.15) is 5.58 Å². The van der Waals surface area contributed by atoms with Crippen LogP contribution in [0.2, 0.25) is 5.02 Å². The van der Waals surface area contributed by atoms with Crippen LogP contribution in [0.1, 0.15) is 5.56 Å². The van der Waals surface area contributed by atoms with Gasteiger partial charge in [0, 0.05) is 15.8 Å². The van der Waals surface area contributed by atoms with Crippen LogP contribution < -0.4 is 11.1 Å². The highest BCUT2D eigenvalue weighted by atomic mass is 35.5. The van der Waals surface area contributed by atoms with E-state index in [-0.39, 0.29) is 0 Å². The molecule has 0 unspecified atom stereocenters. The summed E-state index contributed by atoms with van der Waals surface area (Å²) in [5.41, 5.74) is 4.81. The van der Waals surface area contributed by atoms with Gasteiger partial charge in [-0.15, -0.1) is 11.3 Å². The van der Waals surface area contributed by atoms with E-state index in [9.17, 15) is 4.79 Å². The van der Waals surface area contributed by atoms with Gasteiger partial charge in [0.15, 0.2) is 0 Å². The van der Waals surface area contributed by atoms with Crippen LogP contribution in [0.3, 0.4) is 0 Å². The molecule has 128 valence electrons. The molecule has 4 aromatic rings. The molecule has 7 heteroatoms. The third-order valence-electron chi connectivity index (χ3n) is 3.65. The fraction of sp³-hybridized carbons (Fsp3) is 0. The number of hydrogen-bond donors (Lipinski definition) is 1. The lowest BCUT2D eigenvalue weighted by Gasteiger charge is -2.00. The zero-order valence-corrected chi connectivity index (χ0v) is 14.9. The van der Waals surface area contributed by atoms with Gasteiger partial charge in [-0.25, -0.2) is 9.78 Å². The molecule has 0 fully saturated rings. The fourth-order valence-electron chi connectivity index (χ4n) is 2.42. The van der Waals surface area contributed by atoms with E-state index in [2.05, 4.69) is 15.5 Å². The van der Waals surface area contributed by atoms with E-state index in [1.165, 1.54) is 11.3 Å². The molecule has 26 heavy (non-hydrogen) atoms. The smallest absolute Gasteiger partial charge is 0.345 e. The minimum atomic E-state index is -0.440. The first kappa shape index (κ1) is 16.5. The third kappa shape index (κ3) is 3.51. The molecule has 0 spiro atoms. The van der Waals surface area contributed by atoms with Gasteiger partial charge in [0.05, 0.1) is 17.5 Å². The second-order valence-electron chi connectivity index (χ2n) is 5.45. The van der Waals surface area contributed by atoms with E-state index in [0.717, 1.165) is 10.9 Å². The summed E-state index contributed by atoms with van der Waals surface area (Å²) >= 11 is 7.36. The highest BCUT2D eigenvalue weighted by Gasteiger charge is 2.11. The van der Waals surface area contributed by atoms with Gasteiger partial charge in [0.25, 0.3) is 0 Å². The van der Waals surface area contributed by atoms with E-state index >= 15 is 0 Å². The predicted molar refractivity (Wildman–Crippen MR) is 106 cm³/mol. The maximum atomic E-state index is 12.2. The number of thiazole rings is 1. The molecule has 0 aliphatic rings. The van der Waals surface area contributed by atoms with Gasteiger partial charge in [-0.3, -0.25) is 5.43 Å². The average Bonchev–Trinajstić information content (AvgIpc) is 3.11. The van der Waals surface area contributed by atoms with Crippen molar-refractivity contribution in [2.45, 2.75) is 0 Å². The molecule has 0 aliphatic heterocycles. The molecule has 0 atom stereocenters. The third-order valence-corrected chi connectivity index (χ3v) is 4.63. The maximum Gasteiger partial charge on any atom is 0.345 e. The first-order valence-corrected chi connectivity index (χ1v) is 8.98. The highest BCUT2D eigenvalue weighted by Crippen LogP contribution is 2.26. The van der Waals surface area contributed by atoms with Crippen LogP contribution in [-0.2, 0) is 0 Å². The second-order valence-corrected chi connectivity index (χ2v) is 6.74. The van der Waals surface area contributed by atoms with Crippen LogP contribution in [0.4, 0.5) is 5.13 Å². The number of halogens is 1. The summed E-state index contributed by atoms with van der Waals surface area (Å²) in [5, 5.41) is 7.84. The van der Waals surface area contributed by atoms with Gasteiger partial charge in [-0.1, -0.05) is 41.9 Å². The van der Waals surface area contributed by atoms with Crippen molar-refractivity contribution < 1.29 is 4.42 Å². The Labute approximate surface area is 157 Å². The Morgan fingerprint density at radius 2 is 2.00 bits per heavy atom. The molecule has 1 N–H and O–H groups in total. The minimum absolute atomic E-state index is 0.385. The zero-order valence-electron chi connectivity index (χ0n) is 13.3. The van der Waals surface area contributed by atoms with Crippen LogP contribution in [0.25, 0.3) is 22.2 Å². The molecule has 2 aromatic heterocycles. The standard InChI is InChI=1S/C19H12ClN3O2S/c20-14-6-7-17-13(8-14)9-15(18(24)25-17)16-11-26-19(22-16)23-21-10-12-4-2-1-3-5-12/h1-11H,(H,22,23)/b21-10-. The van der Waals surface area contributed by atoms with Crippen molar-refractivity contribution >= 4 is 45.3 Å². The van der Waals surface area contributed by atoms with Crippen molar-refractivity contribution in [1.29, 1.82) is 0 Å². The van der Waals surface area contributed by atoms with Crippen LogP contribution in [0.15, 0.2) is 74.3 Å². The molecule has 0 saturated heterocycles. The lowest BCUT2D eigenvalue weighted by atomic mass is 10.1. The van der Waals surface area contributed by atoms with E-state index in [4.69, 9.17) is 16.0 Å². The van der Waals surface area contributed by atoms with E-state index in [1.54, 1.807) is 35.9 Å². The summed E-state index contributed by atoms with van der Waals surface area (Å²) in [6.07, 6.45) is 1.70. The number of rotatable bonds is 4. The Morgan fingerprint density at radius 3 is 2.85 bits per heavy atom. The molecule has 0 aliphatic carbocycles. The number of nitrogens with zero attached hydrogens (tertiary/aromatic N) is 2. The summed E-state index contributed by atoms with van der Waals surface area (Å²) in [7, 11) is 0. The molecule has 0 bridgehead atoms. The van der Waals surface area contributed by atoms with Crippen molar-refractivity contribution in [3.63, 3.8) is 0 Å². The van der Waals surface area contributed by atoms with Gasteiger partial charge < -0.3 is 4.42 Å². The Hall–Kier alpha value is -2.96. The largest absolute Gasteiger partial charge is 0.422 e. The molecular formula is C19H12ClN3O2S. The highest BCUT2D eigenvalue weighted by molar-refractivity contribution is 7.14. The van der Waals surface area contributed by atoms with Crippen molar-refractivity contribution in [3.8, 4) is 11.3 Å². The van der Waals surface area contributed by atoms with Crippen molar-refractivity contribution in [2.24, 2.45) is 5.10 Å². The monoisotopic (exact) mass is 381 g/mol. The van der Waals surface area contributed by atoms with Crippen LogP contribution in [0, 0.1) is 0 Å². The Kier molecular flexibility index (Phi) is 4.51. The summed E-state index contributed by atoms with van der Waals surface area (Å²) in [6.45, 7) is 0. The molecular weight excluding hydrogens is 370 g/mol. The fourth-order valence-corrected chi connectivity index (χ4v) is 3.26. The summed E-state index contributed by atoms with van der Waals surface area (Å²) in [6, 6.07) is 16.6. The topological polar surface area (TPSA) is 67.5 Å². The average molecular weight is 382 g/mol. The number of aromatic nitrogens is 1. The van der Waals surface area contributed by atoms with Gasteiger partial charge in [0.2, 0.25) is 5.13 Å². The summed E-state index contributed by atoms with van der Waals surface area (Å²) in [5.74, 6) is 0. The molecule has 0 saturated carbocycles. The lowest BCUT2D eigenvalue weighted by Crippen LogP contribution is -2.03. The van der Waals surface area contributed by atoms with E-state index in [1.807, 2.05) is 30.3 Å². The lowest BCUT2D eigenvalue weighted by molar-refractivity contribution is 0.563. The quantitative estimate of drug-likeness (QED) is 0.306. The normalized spacial score (nSPS) is 11.3. The van der Waals surface area contributed by atoms with E-state index in [0.29, 0.717) is 27.0 Å². The summed E-state index contributed by atoms with van der Waals surface area (Å²) in [4.78, 5) is 16.6. The Morgan fingerprint density at radius 1 is 1.15 bits per heavy atom. The van der Waals surface area contributed by atoms with Crippen LogP contribution >= 0.6 is 22.9 Å². The molecule has 2 aromatic carbocycles. The SMILES string of the molecule is O=c1oc2ccc(Cl)cc2cc1-c1csc(N/N=C\c2ccccc2)n1. The van der Waals surface area contributed by atoms with Crippen LogP contribution in [-0.4, -0.2) is 11.2 Å². The second kappa shape index (κ2) is 7.11. The van der Waals surface area contributed by atoms with Gasteiger partial charge in [-0.05, 0) is 29.8 Å². The van der Waals surface area contributed by atoms with Crippen molar-refractivity contribution in [3.05, 3.63) is 81.0 Å². The minimum Gasteiger partial charge on any atom is -0.422 e. The number of benzene rings is 2. The van der Waals surface area contributed by atoms with E-state index < -0.39 is 5.63 Å². The number of nitrogens with one attached hydrogen (secondary N) is 1. The van der Waals surface area contributed by atoms with Gasteiger partial charge >= 0.3 is 5.63 Å². The number of anilines is 1. The molecule has 0 amide bonds. The molecule has 4 rings (SSSR count). The number of fused-ring (bicyclic) bond motifs is 1. The molecule has 0 radical (unpaired) electrons. The summed E-state index contributed by atoms with van der Waals surface area (Å²) < 4.78 is 5.35. The Bertz CT molecular complexity index is 1150. The Balaban J connectivity index is 1.59.